The standard InChI is InChI=1S/C13H13NO4S/c15-6-1-7-18-10-4-2-9(3-5-10)8-11-12(16)14-13(17)19-11/h2-6,16H,1,7-8H2,(H,14,17). The van der Waals surface area contributed by atoms with E-state index in [9.17, 15) is 14.7 Å². The summed E-state index contributed by atoms with van der Waals surface area (Å²) in [4.78, 5) is 23.9. The predicted octanol–water partition coefficient (Wildman–Crippen LogP) is 1.70. The van der Waals surface area contributed by atoms with Crippen molar-refractivity contribution in [1.82, 2.24) is 4.98 Å². The molecule has 0 unspecified atom stereocenters. The van der Waals surface area contributed by atoms with E-state index in [2.05, 4.69) is 4.98 Å². The van der Waals surface area contributed by atoms with Gasteiger partial charge in [-0.25, -0.2) is 0 Å². The minimum absolute atomic E-state index is 0.0682. The lowest BCUT2D eigenvalue weighted by molar-refractivity contribution is -0.108. The molecule has 0 aliphatic carbocycles. The van der Waals surface area contributed by atoms with Crippen molar-refractivity contribution in [2.75, 3.05) is 6.61 Å². The fourth-order valence-corrected chi connectivity index (χ4v) is 2.34. The number of aldehydes is 1. The van der Waals surface area contributed by atoms with Gasteiger partial charge < -0.3 is 14.6 Å². The van der Waals surface area contributed by atoms with Crippen molar-refractivity contribution < 1.29 is 14.6 Å². The Morgan fingerprint density at radius 2 is 2.05 bits per heavy atom. The molecule has 1 aromatic carbocycles. The summed E-state index contributed by atoms with van der Waals surface area (Å²) in [5.41, 5.74) is 0.966. The number of benzene rings is 1. The lowest BCUT2D eigenvalue weighted by Gasteiger charge is -2.05. The van der Waals surface area contributed by atoms with Crippen LogP contribution in [0.1, 0.15) is 16.9 Å². The van der Waals surface area contributed by atoms with Crippen LogP contribution in [0.2, 0.25) is 0 Å². The summed E-state index contributed by atoms with van der Waals surface area (Å²) in [5, 5.41) is 9.49. The van der Waals surface area contributed by atoms with Gasteiger partial charge in [0.05, 0.1) is 11.5 Å². The van der Waals surface area contributed by atoms with E-state index < -0.39 is 0 Å². The van der Waals surface area contributed by atoms with E-state index in [1.807, 2.05) is 12.1 Å². The van der Waals surface area contributed by atoms with Crippen LogP contribution in [-0.4, -0.2) is 23.0 Å². The average Bonchev–Trinajstić information content (AvgIpc) is 2.70. The van der Waals surface area contributed by atoms with Gasteiger partial charge in [0.15, 0.2) is 0 Å². The Bertz CT molecular complexity index is 600. The molecule has 5 nitrogen and oxygen atoms in total. The molecule has 2 rings (SSSR count). The zero-order valence-corrected chi connectivity index (χ0v) is 10.9. The molecule has 0 atom stereocenters. The van der Waals surface area contributed by atoms with Gasteiger partial charge in [-0.3, -0.25) is 9.78 Å². The molecule has 2 N–H and O–H groups in total. The minimum Gasteiger partial charge on any atom is -0.494 e. The number of rotatable bonds is 6. The molecule has 0 saturated heterocycles. The zero-order chi connectivity index (χ0) is 13.7. The van der Waals surface area contributed by atoms with Crippen LogP contribution in [0.3, 0.4) is 0 Å². The SMILES string of the molecule is O=CCCOc1ccc(Cc2sc(=O)[nH]c2O)cc1. The lowest BCUT2D eigenvalue weighted by Crippen LogP contribution is -1.97. The van der Waals surface area contributed by atoms with Crippen LogP contribution >= 0.6 is 11.3 Å². The molecular weight excluding hydrogens is 266 g/mol. The highest BCUT2D eigenvalue weighted by molar-refractivity contribution is 7.09. The van der Waals surface area contributed by atoms with E-state index in [1.165, 1.54) is 0 Å². The second kappa shape index (κ2) is 6.19. The largest absolute Gasteiger partial charge is 0.494 e. The molecule has 2 aromatic rings. The van der Waals surface area contributed by atoms with Crippen LogP contribution in [0.4, 0.5) is 0 Å². The number of hydrogen-bond donors (Lipinski definition) is 2. The second-order valence-corrected chi connectivity index (χ2v) is 4.98. The molecule has 0 bridgehead atoms. The molecule has 1 heterocycles. The smallest absolute Gasteiger partial charge is 0.307 e. The Morgan fingerprint density at radius 3 is 2.63 bits per heavy atom. The Morgan fingerprint density at radius 1 is 1.32 bits per heavy atom. The first-order valence-electron chi connectivity index (χ1n) is 5.75. The Kier molecular flexibility index (Phi) is 4.35. The maximum absolute atomic E-state index is 11.1. The van der Waals surface area contributed by atoms with Gasteiger partial charge in [-0.2, -0.15) is 0 Å². The molecule has 0 radical (unpaired) electrons. The zero-order valence-electron chi connectivity index (χ0n) is 10.1. The quantitative estimate of drug-likeness (QED) is 0.623. The normalized spacial score (nSPS) is 10.3. The number of aromatic amines is 1. The maximum Gasteiger partial charge on any atom is 0.307 e. The van der Waals surface area contributed by atoms with Crippen molar-refractivity contribution in [2.45, 2.75) is 12.8 Å². The summed E-state index contributed by atoms with van der Waals surface area (Å²) in [5.74, 6) is 0.624. The van der Waals surface area contributed by atoms with E-state index >= 15 is 0 Å². The van der Waals surface area contributed by atoms with E-state index in [4.69, 9.17) is 4.74 Å². The Hall–Kier alpha value is -2.08. The monoisotopic (exact) mass is 279 g/mol. The molecule has 0 aliphatic rings. The van der Waals surface area contributed by atoms with Gasteiger partial charge in [0.1, 0.15) is 12.0 Å². The highest BCUT2D eigenvalue weighted by Crippen LogP contribution is 2.21. The van der Waals surface area contributed by atoms with Crippen molar-refractivity contribution in [3.05, 3.63) is 44.4 Å². The molecule has 0 aliphatic heterocycles. The minimum atomic E-state index is -0.263. The van der Waals surface area contributed by atoms with Crippen LogP contribution in [0.15, 0.2) is 29.1 Å². The lowest BCUT2D eigenvalue weighted by atomic mass is 10.1. The summed E-state index contributed by atoms with van der Waals surface area (Å²) in [7, 11) is 0. The molecule has 0 saturated carbocycles. The van der Waals surface area contributed by atoms with Crippen LogP contribution < -0.4 is 9.61 Å². The third-order valence-corrected chi connectivity index (χ3v) is 3.36. The first kappa shape index (κ1) is 13.4. The summed E-state index contributed by atoms with van der Waals surface area (Å²) in [6.07, 6.45) is 1.67. The molecule has 0 amide bonds. The predicted molar refractivity (Wildman–Crippen MR) is 72.0 cm³/mol. The summed E-state index contributed by atoms with van der Waals surface area (Å²) in [6, 6.07) is 7.32. The fourth-order valence-electron chi connectivity index (χ4n) is 1.59. The molecule has 0 spiro atoms. The van der Waals surface area contributed by atoms with Gasteiger partial charge in [0, 0.05) is 12.8 Å². The number of carbonyl (C=O) groups excluding carboxylic acids is 1. The van der Waals surface area contributed by atoms with Crippen LogP contribution in [0.5, 0.6) is 11.6 Å². The van der Waals surface area contributed by atoms with E-state index in [-0.39, 0.29) is 10.8 Å². The van der Waals surface area contributed by atoms with Crippen molar-refractivity contribution in [3.63, 3.8) is 0 Å². The van der Waals surface area contributed by atoms with Gasteiger partial charge in [0.25, 0.3) is 0 Å². The highest BCUT2D eigenvalue weighted by Gasteiger charge is 2.07. The van der Waals surface area contributed by atoms with Gasteiger partial charge in [-0.15, -0.1) is 0 Å². The number of carbonyl (C=O) groups is 1. The highest BCUT2D eigenvalue weighted by atomic mass is 32.1. The van der Waals surface area contributed by atoms with E-state index in [0.717, 1.165) is 23.2 Å². The van der Waals surface area contributed by atoms with Crippen molar-refractivity contribution in [3.8, 4) is 11.6 Å². The van der Waals surface area contributed by atoms with Gasteiger partial charge in [-0.05, 0) is 17.7 Å². The van der Waals surface area contributed by atoms with Crippen LogP contribution in [0.25, 0.3) is 0 Å². The first-order chi connectivity index (χ1) is 9.19. The summed E-state index contributed by atoms with van der Waals surface area (Å²) >= 11 is 0.999. The van der Waals surface area contributed by atoms with E-state index in [0.29, 0.717) is 30.1 Å². The third kappa shape index (κ3) is 3.69. The fraction of sp³-hybridized carbons (Fsp3) is 0.231. The summed E-state index contributed by atoms with van der Waals surface area (Å²) in [6.45, 7) is 0.364. The number of H-pyrrole nitrogens is 1. The molecule has 1 aromatic heterocycles. The van der Waals surface area contributed by atoms with E-state index in [1.54, 1.807) is 12.1 Å². The molecule has 6 heteroatoms. The number of aromatic nitrogens is 1. The van der Waals surface area contributed by atoms with Crippen molar-refractivity contribution in [2.24, 2.45) is 0 Å². The Labute approximate surface area is 113 Å². The van der Waals surface area contributed by atoms with Gasteiger partial charge in [-0.1, -0.05) is 23.5 Å². The Balaban J connectivity index is 2.00. The maximum atomic E-state index is 11.1. The van der Waals surface area contributed by atoms with Gasteiger partial charge >= 0.3 is 4.87 Å². The second-order valence-electron chi connectivity index (χ2n) is 3.91. The van der Waals surface area contributed by atoms with Gasteiger partial charge in [0.2, 0.25) is 5.88 Å². The number of aromatic hydroxyl groups is 1. The average molecular weight is 279 g/mol. The number of thiazole rings is 1. The van der Waals surface area contributed by atoms with Crippen LogP contribution in [0, 0.1) is 0 Å². The topological polar surface area (TPSA) is 79.4 Å². The van der Waals surface area contributed by atoms with Crippen molar-refractivity contribution >= 4 is 17.6 Å². The third-order valence-electron chi connectivity index (χ3n) is 2.49. The van der Waals surface area contributed by atoms with Crippen molar-refractivity contribution in [1.29, 1.82) is 0 Å². The van der Waals surface area contributed by atoms with Crippen LogP contribution in [-0.2, 0) is 11.2 Å². The molecule has 100 valence electrons. The number of nitrogens with one attached hydrogen (secondary N) is 1. The first-order valence-corrected chi connectivity index (χ1v) is 6.57. The molecule has 0 fully saturated rings. The molecule has 19 heavy (non-hydrogen) atoms. The number of ether oxygens (including phenoxy) is 1. The molecular formula is C13H13NO4S. The summed E-state index contributed by atoms with van der Waals surface area (Å²) < 4.78 is 5.35. The number of hydrogen-bond acceptors (Lipinski definition) is 5.